The Balaban J connectivity index is 0.00000590. The number of aliphatic hydroxyl groups is 2. The van der Waals surface area contributed by atoms with Crippen molar-refractivity contribution in [3.8, 4) is 5.75 Å². The number of esters is 1. The first-order valence-corrected chi connectivity index (χ1v) is 19.2. The lowest BCUT2D eigenvalue weighted by atomic mass is 10.0. The summed E-state index contributed by atoms with van der Waals surface area (Å²) >= 11 is 0. The van der Waals surface area contributed by atoms with Crippen molar-refractivity contribution in [1.82, 2.24) is 15.5 Å². The van der Waals surface area contributed by atoms with Crippen molar-refractivity contribution in [3.05, 3.63) is 35.9 Å². The molecule has 3 unspecified atom stereocenters. The van der Waals surface area contributed by atoms with Gasteiger partial charge in [0.2, 0.25) is 24.0 Å². The number of amides is 5. The van der Waals surface area contributed by atoms with Crippen molar-refractivity contribution in [2.24, 2.45) is 0 Å². The maximum atomic E-state index is 12.8. The molecule has 4 atom stereocenters. The third kappa shape index (κ3) is 20.0. The van der Waals surface area contributed by atoms with E-state index in [0.717, 1.165) is 4.90 Å². The number of carbonyl (C=O) groups excluding carboxylic acids is 6. The summed E-state index contributed by atoms with van der Waals surface area (Å²) in [7, 11) is 0. The van der Waals surface area contributed by atoms with Crippen molar-refractivity contribution in [1.29, 1.82) is 0 Å². The van der Waals surface area contributed by atoms with Gasteiger partial charge in [-0.25, -0.2) is 4.79 Å². The van der Waals surface area contributed by atoms with Crippen LogP contribution in [0.15, 0.2) is 30.4 Å². The molecule has 1 aromatic rings. The highest BCUT2D eigenvalue weighted by Gasteiger charge is 2.42. The SMILES string of the molecule is CC.CC(=O)OCc1ccc(OC2CC(O)[C@H](O)C(C(=O)O)O2)c(NC(=O)CCNC(=O)CCOCCOCCOCCOCCNC(=O)CCN2C(=O)C=CC2=O)c1. The maximum Gasteiger partial charge on any atom is 0.335 e. The molecule has 21 nitrogen and oxygen atoms in total. The molecule has 1 saturated heterocycles. The fourth-order valence-corrected chi connectivity index (χ4v) is 5.07. The number of rotatable bonds is 27. The second kappa shape index (κ2) is 28.4. The molecule has 0 saturated carbocycles. The van der Waals surface area contributed by atoms with Gasteiger partial charge in [0.25, 0.3) is 11.8 Å². The van der Waals surface area contributed by atoms with Crippen LogP contribution >= 0.6 is 0 Å². The van der Waals surface area contributed by atoms with E-state index in [1.54, 1.807) is 6.07 Å². The van der Waals surface area contributed by atoms with Crippen molar-refractivity contribution in [3.63, 3.8) is 0 Å². The van der Waals surface area contributed by atoms with Crippen molar-refractivity contribution < 1.29 is 82.0 Å². The van der Waals surface area contributed by atoms with Crippen LogP contribution in [-0.4, -0.2) is 159 Å². The van der Waals surface area contributed by atoms with E-state index in [0.29, 0.717) is 32.0 Å². The molecule has 21 heteroatoms. The Labute approximate surface area is 341 Å². The topological polar surface area (TPSA) is 284 Å². The first-order valence-electron chi connectivity index (χ1n) is 19.2. The lowest BCUT2D eigenvalue weighted by Gasteiger charge is -2.35. The molecular formula is C38H56N4O17. The van der Waals surface area contributed by atoms with Gasteiger partial charge in [-0.2, -0.15) is 0 Å². The van der Waals surface area contributed by atoms with Gasteiger partial charge in [-0.05, 0) is 17.7 Å². The van der Waals surface area contributed by atoms with Crippen LogP contribution in [0.5, 0.6) is 5.75 Å². The van der Waals surface area contributed by atoms with E-state index in [1.807, 2.05) is 13.8 Å². The Bertz CT molecular complexity index is 1540. The van der Waals surface area contributed by atoms with Crippen molar-refractivity contribution >= 4 is 47.2 Å². The number of hydrogen-bond donors (Lipinski definition) is 6. The van der Waals surface area contributed by atoms with Gasteiger partial charge >= 0.3 is 11.9 Å². The van der Waals surface area contributed by atoms with Crippen LogP contribution in [0.1, 0.15) is 52.0 Å². The van der Waals surface area contributed by atoms with Crippen LogP contribution in [0.2, 0.25) is 0 Å². The largest absolute Gasteiger partial charge is 0.479 e. The third-order valence-corrected chi connectivity index (χ3v) is 7.99. The number of carbonyl (C=O) groups is 7. The number of nitrogens with zero attached hydrogens (tertiary/aromatic N) is 1. The number of imide groups is 1. The van der Waals surface area contributed by atoms with Crippen LogP contribution in [-0.2, 0) is 68.6 Å². The molecule has 0 aromatic heterocycles. The number of carboxylic acid groups (broad SMARTS) is 1. The number of hydrogen-bond acceptors (Lipinski definition) is 16. The average molecular weight is 841 g/mol. The summed E-state index contributed by atoms with van der Waals surface area (Å²) in [6.07, 6.45) is -4.12. The molecule has 3 rings (SSSR count). The molecule has 330 valence electrons. The lowest BCUT2D eigenvalue weighted by Crippen LogP contribution is -2.53. The molecule has 0 aliphatic carbocycles. The number of nitrogens with one attached hydrogen (secondary N) is 3. The molecule has 2 aliphatic heterocycles. The number of carboxylic acids is 1. The van der Waals surface area contributed by atoms with Gasteiger partial charge in [-0.3, -0.25) is 33.7 Å². The predicted molar refractivity (Wildman–Crippen MR) is 204 cm³/mol. The molecule has 2 aliphatic rings. The summed E-state index contributed by atoms with van der Waals surface area (Å²) in [4.78, 5) is 83.5. The highest BCUT2D eigenvalue weighted by molar-refractivity contribution is 6.13. The highest BCUT2D eigenvalue weighted by Crippen LogP contribution is 2.31. The molecule has 6 N–H and O–H groups in total. The summed E-state index contributed by atoms with van der Waals surface area (Å²) in [6.45, 7) is 7.61. The summed E-state index contributed by atoms with van der Waals surface area (Å²) in [5.74, 6) is -3.98. The Morgan fingerprint density at radius 1 is 0.780 bits per heavy atom. The van der Waals surface area contributed by atoms with Crippen LogP contribution in [0.25, 0.3) is 0 Å². The minimum atomic E-state index is -1.74. The number of ether oxygens (including phenoxy) is 7. The smallest absolute Gasteiger partial charge is 0.335 e. The van der Waals surface area contributed by atoms with E-state index in [2.05, 4.69) is 16.0 Å². The second-order valence-electron chi connectivity index (χ2n) is 12.5. The van der Waals surface area contributed by atoms with Gasteiger partial charge in [0.05, 0.1) is 64.6 Å². The zero-order valence-electron chi connectivity index (χ0n) is 33.5. The fraction of sp³-hybridized carbons (Fsp3) is 0.605. The number of aliphatic carboxylic acids is 1. The van der Waals surface area contributed by atoms with Gasteiger partial charge in [0.1, 0.15) is 18.5 Å². The third-order valence-electron chi connectivity index (χ3n) is 7.99. The number of anilines is 1. The van der Waals surface area contributed by atoms with Crippen LogP contribution in [0.3, 0.4) is 0 Å². The van der Waals surface area contributed by atoms with Gasteiger partial charge < -0.3 is 64.4 Å². The number of aliphatic hydroxyl groups excluding tert-OH is 2. The van der Waals surface area contributed by atoms with Crippen molar-refractivity contribution in [2.45, 2.75) is 77.7 Å². The molecule has 0 radical (unpaired) electrons. The quantitative estimate of drug-likeness (QED) is 0.0367. The molecule has 0 bridgehead atoms. The summed E-state index contributed by atoms with van der Waals surface area (Å²) in [5.41, 5.74) is 0.622. The van der Waals surface area contributed by atoms with E-state index in [4.69, 9.17) is 33.2 Å². The zero-order valence-corrected chi connectivity index (χ0v) is 33.5. The molecule has 1 fully saturated rings. The molecular weight excluding hydrogens is 784 g/mol. The Morgan fingerprint density at radius 2 is 1.36 bits per heavy atom. The minimum Gasteiger partial charge on any atom is -0.479 e. The van der Waals surface area contributed by atoms with E-state index in [1.165, 1.54) is 31.2 Å². The van der Waals surface area contributed by atoms with E-state index < -0.39 is 54.3 Å². The van der Waals surface area contributed by atoms with Gasteiger partial charge in [-0.15, -0.1) is 0 Å². The first kappa shape index (κ1) is 50.1. The predicted octanol–water partition coefficient (Wildman–Crippen LogP) is -0.591. The first-order chi connectivity index (χ1) is 28.3. The van der Waals surface area contributed by atoms with Gasteiger partial charge in [0, 0.05) is 64.4 Å². The second-order valence-corrected chi connectivity index (χ2v) is 12.5. The normalized spacial score (nSPS) is 18.4. The van der Waals surface area contributed by atoms with E-state index in [-0.39, 0.29) is 102 Å². The number of benzene rings is 1. The highest BCUT2D eigenvalue weighted by atomic mass is 16.7. The van der Waals surface area contributed by atoms with E-state index in [9.17, 15) is 48.9 Å². The monoisotopic (exact) mass is 840 g/mol. The van der Waals surface area contributed by atoms with Crippen LogP contribution < -0.4 is 20.7 Å². The molecule has 2 heterocycles. The van der Waals surface area contributed by atoms with Gasteiger partial charge in [0.15, 0.2) is 6.10 Å². The van der Waals surface area contributed by atoms with Crippen LogP contribution in [0.4, 0.5) is 5.69 Å². The van der Waals surface area contributed by atoms with E-state index >= 15 is 0 Å². The molecule has 59 heavy (non-hydrogen) atoms. The Hall–Kier alpha value is -5.03. The van der Waals surface area contributed by atoms with Crippen molar-refractivity contribution in [2.75, 3.05) is 77.8 Å². The minimum absolute atomic E-state index is 0.000141. The molecule has 5 amide bonds. The standard InChI is InChI=1S/C36H50N4O17.C2H6/c1-23(41)55-22-24-2-3-27(56-33-21-26(42)34(48)35(57-33)36(49)50)25(20-24)39-30(45)6-9-37-29(44)8-12-51-14-16-53-18-19-54-17-15-52-13-10-38-28(43)7-11-40-31(46)4-5-32(40)47;1-2/h2-5,20,26,33-35,42,48H,6-19,21-22H2,1H3,(H,37,44)(H,38,43)(H,39,45)(H,49,50);1-2H3/t26?,33?,34-,35?;/m0./s1. The summed E-state index contributed by atoms with van der Waals surface area (Å²) in [5, 5.41) is 37.3. The zero-order chi connectivity index (χ0) is 43.6. The summed E-state index contributed by atoms with van der Waals surface area (Å²) in [6, 6.07) is 4.46. The fourth-order valence-electron chi connectivity index (χ4n) is 5.07. The Kier molecular flexibility index (Phi) is 24.1. The lowest BCUT2D eigenvalue weighted by molar-refractivity contribution is -0.228. The Morgan fingerprint density at radius 3 is 1.97 bits per heavy atom. The maximum absolute atomic E-state index is 12.8. The van der Waals surface area contributed by atoms with Gasteiger partial charge in [-0.1, -0.05) is 19.9 Å². The molecule has 1 aromatic carbocycles. The average Bonchev–Trinajstić information content (AvgIpc) is 3.52. The van der Waals surface area contributed by atoms with Crippen LogP contribution in [0, 0.1) is 0 Å². The summed E-state index contributed by atoms with van der Waals surface area (Å²) < 4.78 is 37.7. The molecule has 0 spiro atoms.